The van der Waals surface area contributed by atoms with Gasteiger partial charge in [0.1, 0.15) is 0 Å². The second-order valence-electron chi connectivity index (χ2n) is 9.50. The molecule has 0 bridgehead atoms. The Kier molecular flexibility index (Phi) is 4.47. The van der Waals surface area contributed by atoms with Crippen LogP contribution < -0.4 is 0 Å². The number of hydrogen-bond acceptors (Lipinski definition) is 0. The minimum absolute atomic E-state index is 0.172. The minimum atomic E-state index is 0.172. The molecule has 0 radical (unpaired) electrons. The van der Waals surface area contributed by atoms with Gasteiger partial charge in [0.25, 0.3) is 0 Å². The Morgan fingerprint density at radius 3 is 2.12 bits per heavy atom. The maximum atomic E-state index is 3.78. The number of aromatic nitrogens is 1. The molecule has 1 nitrogen and oxygen atoms in total. The Morgan fingerprint density at radius 2 is 1.52 bits per heavy atom. The molecule has 1 aromatic heterocycles. The van der Waals surface area contributed by atoms with Crippen LogP contribution in [0, 0.1) is 0 Å². The van der Waals surface area contributed by atoms with Gasteiger partial charge in [-0.1, -0.05) is 79.2 Å². The molecule has 1 heterocycles. The fourth-order valence-corrected chi connectivity index (χ4v) is 3.81. The van der Waals surface area contributed by atoms with Gasteiger partial charge < -0.3 is 4.98 Å². The summed E-state index contributed by atoms with van der Waals surface area (Å²) in [6.07, 6.45) is 3.62. The fourth-order valence-electron chi connectivity index (χ4n) is 3.81. The largest absolute Gasteiger partial charge is 0.354 e. The molecule has 1 N–H and O–H groups in total. The summed E-state index contributed by atoms with van der Waals surface area (Å²) in [5, 5.41) is 2.72. The van der Waals surface area contributed by atoms with Crippen molar-refractivity contribution in [1.82, 2.24) is 4.98 Å². The zero-order valence-corrected chi connectivity index (χ0v) is 17.0. The molecule has 0 aliphatic heterocycles. The van der Waals surface area contributed by atoms with Crippen LogP contribution >= 0.6 is 0 Å². The lowest BCUT2D eigenvalue weighted by Crippen LogP contribution is -2.14. The van der Waals surface area contributed by atoms with Crippen LogP contribution in [0.5, 0.6) is 0 Å². The van der Waals surface area contributed by atoms with E-state index in [1.165, 1.54) is 51.3 Å². The van der Waals surface area contributed by atoms with Crippen molar-refractivity contribution in [2.45, 2.75) is 78.6 Å². The highest BCUT2D eigenvalue weighted by Gasteiger charge is 2.21. The molecule has 0 spiro atoms. The number of hydrogen-bond donors (Lipinski definition) is 1. The molecule has 0 fully saturated rings. The lowest BCUT2D eigenvalue weighted by Gasteiger charge is -2.23. The van der Waals surface area contributed by atoms with E-state index in [9.17, 15) is 0 Å². The number of aromatic amines is 1. The summed E-state index contributed by atoms with van der Waals surface area (Å²) in [6, 6.07) is 11.6. The number of unbranched alkanes of at least 4 members (excludes halogenated alkanes) is 1. The predicted molar refractivity (Wildman–Crippen MR) is 112 cm³/mol. The topological polar surface area (TPSA) is 15.8 Å². The number of rotatable bonds is 3. The molecule has 0 saturated carbocycles. The van der Waals surface area contributed by atoms with Gasteiger partial charge in [0, 0.05) is 21.8 Å². The van der Waals surface area contributed by atoms with Gasteiger partial charge in [-0.15, -0.1) is 0 Å². The SMILES string of the molecule is CCCCc1c(C(C)(C)C)ccc2c1[nH]c1cc(C(C)(C)C)ccc12. The Hall–Kier alpha value is -1.76. The molecule has 0 unspecified atom stereocenters. The second kappa shape index (κ2) is 6.20. The lowest BCUT2D eigenvalue weighted by atomic mass is 9.81. The average molecular weight is 336 g/mol. The van der Waals surface area contributed by atoms with Crippen LogP contribution in [0.25, 0.3) is 21.8 Å². The maximum Gasteiger partial charge on any atom is 0.0500 e. The summed E-state index contributed by atoms with van der Waals surface area (Å²) in [5.74, 6) is 0. The minimum Gasteiger partial charge on any atom is -0.354 e. The zero-order valence-electron chi connectivity index (χ0n) is 17.0. The number of nitrogens with one attached hydrogen (secondary N) is 1. The highest BCUT2D eigenvalue weighted by Crippen LogP contribution is 2.36. The van der Waals surface area contributed by atoms with Crippen molar-refractivity contribution in [2.75, 3.05) is 0 Å². The number of fused-ring (bicyclic) bond motifs is 3. The van der Waals surface area contributed by atoms with E-state index < -0.39 is 0 Å². The Balaban J connectivity index is 2.29. The van der Waals surface area contributed by atoms with E-state index in [0.717, 1.165) is 6.42 Å². The molecule has 134 valence electrons. The van der Waals surface area contributed by atoms with Crippen LogP contribution in [-0.2, 0) is 17.3 Å². The molecule has 0 atom stereocenters. The molecule has 0 amide bonds. The second-order valence-corrected chi connectivity index (χ2v) is 9.50. The van der Waals surface area contributed by atoms with Crippen molar-refractivity contribution < 1.29 is 0 Å². The van der Waals surface area contributed by atoms with Crippen molar-refractivity contribution in [3.63, 3.8) is 0 Å². The summed E-state index contributed by atoms with van der Waals surface area (Å²) < 4.78 is 0. The molecule has 3 aromatic rings. The summed E-state index contributed by atoms with van der Waals surface area (Å²) in [7, 11) is 0. The highest BCUT2D eigenvalue weighted by molar-refractivity contribution is 6.08. The monoisotopic (exact) mass is 335 g/mol. The fraction of sp³-hybridized carbons (Fsp3) is 0.500. The maximum absolute atomic E-state index is 3.78. The van der Waals surface area contributed by atoms with Crippen LogP contribution in [0.1, 0.15) is 78.0 Å². The number of benzene rings is 2. The number of aryl methyl sites for hydroxylation is 1. The van der Waals surface area contributed by atoms with Crippen LogP contribution in [0.3, 0.4) is 0 Å². The van der Waals surface area contributed by atoms with E-state index in [4.69, 9.17) is 0 Å². The van der Waals surface area contributed by atoms with Crippen molar-refractivity contribution in [1.29, 1.82) is 0 Å². The molecule has 1 heteroatoms. The van der Waals surface area contributed by atoms with E-state index in [0.29, 0.717) is 0 Å². The van der Waals surface area contributed by atoms with Crippen molar-refractivity contribution in [2.24, 2.45) is 0 Å². The van der Waals surface area contributed by atoms with Gasteiger partial charge in [-0.2, -0.15) is 0 Å². The van der Waals surface area contributed by atoms with Crippen molar-refractivity contribution in [3.05, 3.63) is 47.0 Å². The zero-order chi connectivity index (χ0) is 18.4. The highest BCUT2D eigenvalue weighted by atomic mass is 14.7. The third kappa shape index (κ3) is 3.34. The van der Waals surface area contributed by atoms with Gasteiger partial charge in [-0.25, -0.2) is 0 Å². The summed E-state index contributed by atoms with van der Waals surface area (Å²) in [5.41, 5.74) is 7.35. The standard InChI is InChI=1S/C24H33N/c1-8-9-10-19-20(24(5,6)7)14-13-18-17-12-11-16(23(2,3)4)15-21(17)25-22(18)19/h11-15,25H,8-10H2,1-7H3. The van der Waals surface area contributed by atoms with E-state index in [1.54, 1.807) is 0 Å². The molecule has 25 heavy (non-hydrogen) atoms. The Bertz CT molecular complexity index is 898. The van der Waals surface area contributed by atoms with Crippen LogP contribution in [0.4, 0.5) is 0 Å². The summed E-state index contributed by atoms with van der Waals surface area (Å²) in [4.78, 5) is 3.78. The van der Waals surface area contributed by atoms with E-state index in [1.807, 2.05) is 0 Å². The van der Waals surface area contributed by atoms with Gasteiger partial charge >= 0.3 is 0 Å². The van der Waals surface area contributed by atoms with E-state index in [2.05, 4.69) is 83.8 Å². The van der Waals surface area contributed by atoms with Gasteiger partial charge in [0.2, 0.25) is 0 Å². The Labute approximate surface area is 152 Å². The van der Waals surface area contributed by atoms with Crippen LogP contribution in [0.2, 0.25) is 0 Å². The smallest absolute Gasteiger partial charge is 0.0500 e. The number of H-pyrrole nitrogens is 1. The molecule has 3 rings (SSSR count). The predicted octanol–water partition coefficient (Wildman–Crippen LogP) is 7.26. The van der Waals surface area contributed by atoms with Crippen LogP contribution in [-0.4, -0.2) is 4.98 Å². The molecule has 0 saturated heterocycles. The normalized spacial score (nSPS) is 13.1. The molecular weight excluding hydrogens is 302 g/mol. The van der Waals surface area contributed by atoms with Gasteiger partial charge in [-0.3, -0.25) is 0 Å². The average Bonchev–Trinajstić information content (AvgIpc) is 2.88. The summed E-state index contributed by atoms with van der Waals surface area (Å²) >= 11 is 0. The van der Waals surface area contributed by atoms with Gasteiger partial charge in [-0.05, 0) is 46.4 Å². The third-order valence-corrected chi connectivity index (χ3v) is 5.34. The van der Waals surface area contributed by atoms with Crippen molar-refractivity contribution >= 4 is 21.8 Å². The first-order chi connectivity index (χ1) is 11.6. The van der Waals surface area contributed by atoms with E-state index in [-0.39, 0.29) is 10.8 Å². The summed E-state index contributed by atoms with van der Waals surface area (Å²) in [6.45, 7) is 16.1. The first kappa shape index (κ1) is 18.0. The van der Waals surface area contributed by atoms with E-state index >= 15 is 0 Å². The molecule has 0 aliphatic rings. The third-order valence-electron chi connectivity index (χ3n) is 5.34. The first-order valence-electron chi connectivity index (χ1n) is 9.71. The lowest BCUT2D eigenvalue weighted by molar-refractivity contribution is 0.581. The van der Waals surface area contributed by atoms with Crippen molar-refractivity contribution in [3.8, 4) is 0 Å². The molecule has 0 aliphatic carbocycles. The molecule has 2 aromatic carbocycles. The van der Waals surface area contributed by atoms with Gasteiger partial charge in [0.05, 0.1) is 0 Å². The van der Waals surface area contributed by atoms with Gasteiger partial charge in [0.15, 0.2) is 0 Å². The first-order valence-corrected chi connectivity index (χ1v) is 9.71. The molecular formula is C24H33N. The van der Waals surface area contributed by atoms with Crippen LogP contribution in [0.15, 0.2) is 30.3 Å². The Morgan fingerprint density at radius 1 is 0.840 bits per heavy atom. The quantitative estimate of drug-likeness (QED) is 0.518.